The Morgan fingerprint density at radius 3 is 2.74 bits per heavy atom. The fraction of sp³-hybridized carbons (Fsp3) is 0.0667. The number of imidazole rings is 1. The molecule has 0 aliphatic carbocycles. The molecule has 0 saturated carbocycles. The molecule has 0 fully saturated rings. The van der Waals surface area contributed by atoms with Crippen molar-refractivity contribution >= 4 is 50.2 Å². The van der Waals surface area contributed by atoms with Gasteiger partial charge in [-0.1, -0.05) is 18.2 Å². The third-order valence-corrected chi connectivity index (χ3v) is 4.25. The lowest BCUT2D eigenvalue weighted by atomic mass is 10.2. The first-order valence-electron chi connectivity index (χ1n) is 6.49. The molecule has 23 heavy (non-hydrogen) atoms. The molecule has 3 rings (SSSR count). The van der Waals surface area contributed by atoms with E-state index in [1.807, 2.05) is 30.3 Å². The van der Waals surface area contributed by atoms with Gasteiger partial charge < -0.3 is 4.74 Å². The summed E-state index contributed by atoms with van der Waals surface area (Å²) in [5.41, 5.74) is 4.14. The predicted molar refractivity (Wildman–Crippen MR) is 89.2 cm³/mol. The minimum Gasteiger partial charge on any atom is -0.465 e. The van der Waals surface area contributed by atoms with E-state index in [1.165, 1.54) is 11.8 Å². The predicted octanol–water partition coefficient (Wildman–Crippen LogP) is 4.25. The van der Waals surface area contributed by atoms with E-state index in [1.54, 1.807) is 0 Å². The van der Waals surface area contributed by atoms with Crippen LogP contribution >= 0.6 is 27.5 Å². The Morgan fingerprint density at radius 1 is 1.39 bits per heavy atom. The lowest BCUT2D eigenvalue weighted by molar-refractivity contribution is 0.0599. The number of nitrogens with zero attached hydrogens (tertiary/aromatic N) is 2. The molecule has 0 aliphatic heterocycles. The summed E-state index contributed by atoms with van der Waals surface area (Å²) < 4.78 is 20.7. The second kappa shape index (κ2) is 6.17. The van der Waals surface area contributed by atoms with Crippen LogP contribution in [0.15, 0.2) is 40.9 Å². The summed E-state index contributed by atoms with van der Waals surface area (Å²) >= 11 is 9.42. The van der Waals surface area contributed by atoms with E-state index >= 15 is 0 Å². The molecule has 0 saturated heterocycles. The fourth-order valence-electron chi connectivity index (χ4n) is 2.15. The van der Waals surface area contributed by atoms with Crippen LogP contribution in [0.5, 0.6) is 0 Å². The number of anilines is 1. The van der Waals surface area contributed by atoms with E-state index < -0.39 is 11.8 Å². The number of carbonyl (C=O) groups excluding carboxylic acids is 1. The molecule has 3 aromatic rings. The molecule has 0 aliphatic rings. The maximum absolute atomic E-state index is 14.3. The molecular weight excluding hydrogens is 389 g/mol. The number of aromatic nitrogens is 2. The van der Waals surface area contributed by atoms with Crippen molar-refractivity contribution in [3.63, 3.8) is 0 Å². The number of rotatable bonds is 3. The molecule has 1 aromatic heterocycles. The van der Waals surface area contributed by atoms with Crippen molar-refractivity contribution in [3.05, 3.63) is 57.5 Å². The normalized spacial score (nSPS) is 10.8. The van der Waals surface area contributed by atoms with Crippen molar-refractivity contribution < 1.29 is 13.9 Å². The zero-order valence-electron chi connectivity index (χ0n) is 11.8. The summed E-state index contributed by atoms with van der Waals surface area (Å²) in [6, 6.07) is 10.2. The van der Waals surface area contributed by atoms with Crippen LogP contribution < -0.4 is 5.43 Å². The number of fused-ring (bicyclic) bond motifs is 1. The van der Waals surface area contributed by atoms with Crippen LogP contribution in [0.2, 0.25) is 5.28 Å². The number of nitrogens with one attached hydrogen (secondary N) is 1. The Balaban J connectivity index is 2.23. The van der Waals surface area contributed by atoms with Gasteiger partial charge in [0.2, 0.25) is 5.28 Å². The Bertz CT molecular complexity index is 899. The summed E-state index contributed by atoms with van der Waals surface area (Å²) in [6.45, 7) is 0. The lowest BCUT2D eigenvalue weighted by Crippen LogP contribution is -2.11. The first-order valence-corrected chi connectivity index (χ1v) is 7.66. The van der Waals surface area contributed by atoms with Crippen molar-refractivity contribution in [2.45, 2.75) is 0 Å². The Labute approximate surface area is 144 Å². The van der Waals surface area contributed by atoms with Crippen molar-refractivity contribution in [1.82, 2.24) is 9.66 Å². The Hall–Kier alpha value is -2.12. The van der Waals surface area contributed by atoms with Gasteiger partial charge >= 0.3 is 5.97 Å². The number of hydrogen-bond acceptors (Lipinski definition) is 4. The van der Waals surface area contributed by atoms with Crippen LogP contribution in [0.4, 0.5) is 10.1 Å². The maximum Gasteiger partial charge on any atom is 0.339 e. The summed E-state index contributed by atoms with van der Waals surface area (Å²) in [7, 11) is 1.23. The van der Waals surface area contributed by atoms with Gasteiger partial charge in [0.25, 0.3) is 0 Å². The van der Waals surface area contributed by atoms with Crippen LogP contribution in [0.1, 0.15) is 10.4 Å². The van der Waals surface area contributed by atoms with Crippen molar-refractivity contribution in [1.29, 1.82) is 0 Å². The highest BCUT2D eigenvalue weighted by atomic mass is 79.9. The van der Waals surface area contributed by atoms with Crippen LogP contribution in [-0.2, 0) is 4.74 Å². The van der Waals surface area contributed by atoms with Gasteiger partial charge in [-0.2, -0.15) is 0 Å². The van der Waals surface area contributed by atoms with E-state index in [-0.39, 0.29) is 16.4 Å². The van der Waals surface area contributed by atoms with Gasteiger partial charge in [0, 0.05) is 0 Å². The summed E-state index contributed by atoms with van der Waals surface area (Å²) in [5.74, 6) is -1.33. The second-order valence-corrected chi connectivity index (χ2v) is 5.73. The maximum atomic E-state index is 14.3. The third kappa shape index (κ3) is 2.77. The smallest absolute Gasteiger partial charge is 0.339 e. The average Bonchev–Trinajstić information content (AvgIpc) is 2.89. The summed E-state index contributed by atoms with van der Waals surface area (Å²) in [6.07, 6.45) is 0. The molecule has 0 spiro atoms. The number of benzene rings is 2. The number of ether oxygens (including phenoxy) is 1. The van der Waals surface area contributed by atoms with Crippen LogP contribution in [-0.4, -0.2) is 22.7 Å². The molecule has 118 valence electrons. The van der Waals surface area contributed by atoms with E-state index in [0.29, 0.717) is 9.99 Å². The highest BCUT2D eigenvalue weighted by Crippen LogP contribution is 2.32. The number of methoxy groups -OCH3 is 1. The van der Waals surface area contributed by atoms with Gasteiger partial charge in [-0.3, -0.25) is 5.43 Å². The first-order chi connectivity index (χ1) is 11.0. The van der Waals surface area contributed by atoms with Gasteiger partial charge in [-0.05, 0) is 45.7 Å². The van der Waals surface area contributed by atoms with Crippen LogP contribution in [0.3, 0.4) is 0 Å². The van der Waals surface area contributed by atoms with Crippen LogP contribution in [0, 0.1) is 5.82 Å². The van der Waals surface area contributed by atoms with E-state index in [9.17, 15) is 9.18 Å². The van der Waals surface area contributed by atoms with E-state index in [0.717, 1.165) is 11.8 Å². The first kappa shape index (κ1) is 15.8. The zero-order valence-corrected chi connectivity index (χ0v) is 14.2. The largest absolute Gasteiger partial charge is 0.465 e. The summed E-state index contributed by atoms with van der Waals surface area (Å²) in [4.78, 5) is 15.8. The van der Waals surface area contributed by atoms with E-state index in [2.05, 4.69) is 31.1 Å². The lowest BCUT2D eigenvalue weighted by Gasteiger charge is -2.11. The summed E-state index contributed by atoms with van der Waals surface area (Å²) in [5, 5.41) is 0.0328. The quantitative estimate of drug-likeness (QED) is 0.670. The molecule has 0 unspecified atom stereocenters. The average molecular weight is 399 g/mol. The van der Waals surface area contributed by atoms with Crippen LogP contribution in [0.25, 0.3) is 11.0 Å². The molecule has 1 heterocycles. The topological polar surface area (TPSA) is 56.1 Å². The number of para-hydroxylation sites is 1. The van der Waals surface area contributed by atoms with Crippen molar-refractivity contribution in [2.24, 2.45) is 0 Å². The molecule has 5 nitrogen and oxygen atoms in total. The highest BCUT2D eigenvalue weighted by Gasteiger charge is 2.22. The Kier molecular flexibility index (Phi) is 4.23. The Morgan fingerprint density at radius 2 is 2.09 bits per heavy atom. The zero-order chi connectivity index (χ0) is 16.6. The van der Waals surface area contributed by atoms with E-state index in [4.69, 9.17) is 11.6 Å². The minimum absolute atomic E-state index is 0.0328. The van der Waals surface area contributed by atoms with Gasteiger partial charge in [0.1, 0.15) is 11.0 Å². The third-order valence-electron chi connectivity index (χ3n) is 3.20. The molecular formula is C15H10BrClFN3O2. The van der Waals surface area contributed by atoms with Crippen molar-refractivity contribution in [2.75, 3.05) is 12.5 Å². The second-order valence-electron chi connectivity index (χ2n) is 4.60. The molecule has 8 heteroatoms. The SMILES string of the molecule is COC(=O)c1cc(F)c2nc(Cl)n(Nc3ccccc3)c2c1Br. The molecule has 2 aromatic carbocycles. The van der Waals surface area contributed by atoms with Gasteiger partial charge in [-0.15, -0.1) is 0 Å². The fourth-order valence-corrected chi connectivity index (χ4v) is 3.00. The standard InChI is InChI=1S/C15H10BrClFN3O2/c1-23-14(22)9-7-10(18)12-13(11(9)16)21(15(17)19-12)20-8-5-3-2-4-6-8/h2-7,20H,1H3. The van der Waals surface area contributed by atoms with Gasteiger partial charge in [0.05, 0.1) is 22.8 Å². The number of carbonyl (C=O) groups is 1. The highest BCUT2D eigenvalue weighted by molar-refractivity contribution is 9.10. The molecule has 0 bridgehead atoms. The monoisotopic (exact) mass is 397 g/mol. The number of hydrogen-bond donors (Lipinski definition) is 1. The molecule has 0 amide bonds. The van der Waals surface area contributed by atoms with Gasteiger partial charge in [-0.25, -0.2) is 18.8 Å². The minimum atomic E-state index is -0.667. The molecule has 1 N–H and O–H groups in total. The molecule has 0 atom stereocenters. The number of halogens is 3. The number of esters is 1. The van der Waals surface area contributed by atoms with Crippen molar-refractivity contribution in [3.8, 4) is 0 Å². The van der Waals surface area contributed by atoms with Gasteiger partial charge in [0.15, 0.2) is 5.82 Å². The molecule has 0 radical (unpaired) electrons.